The van der Waals surface area contributed by atoms with Crippen molar-refractivity contribution in [2.45, 2.75) is 45.4 Å². The number of aryl methyl sites for hydroxylation is 1. The van der Waals surface area contributed by atoms with Crippen LogP contribution in [0, 0.1) is 18.3 Å². The Morgan fingerprint density at radius 2 is 1.96 bits per heavy atom. The van der Waals surface area contributed by atoms with Gasteiger partial charge in [0.25, 0.3) is 0 Å². The lowest BCUT2D eigenvalue weighted by molar-refractivity contribution is -0.116. The molecule has 0 saturated heterocycles. The summed E-state index contributed by atoms with van der Waals surface area (Å²) in [6.07, 6.45) is 7.73. The predicted octanol–water partition coefficient (Wildman–Crippen LogP) is 5.85. The van der Waals surface area contributed by atoms with Crippen molar-refractivity contribution in [3.8, 4) is 6.07 Å². The summed E-state index contributed by atoms with van der Waals surface area (Å²) in [6, 6.07) is 14.2. The normalized spacial score (nSPS) is 18.5. The lowest BCUT2D eigenvalue weighted by atomic mass is 9.73. The molecule has 1 atom stereocenters. The van der Waals surface area contributed by atoms with Crippen LogP contribution >= 0.6 is 0 Å². The molecule has 1 aliphatic heterocycles. The molecule has 3 heteroatoms. The fourth-order valence-corrected chi connectivity index (χ4v) is 4.34. The SMILES string of the molecule is CC/C=C\c1c(C)ccc2c1C(c1ccc(C#N)cc1)C1=C(CCCC1=O)N2. The number of carbonyl (C=O) groups excluding carboxylic acids is 1. The molecule has 4 rings (SSSR count). The summed E-state index contributed by atoms with van der Waals surface area (Å²) < 4.78 is 0. The van der Waals surface area contributed by atoms with Crippen molar-refractivity contribution in [2.24, 2.45) is 0 Å². The second-order valence-electron chi connectivity index (χ2n) is 7.53. The van der Waals surface area contributed by atoms with Crippen molar-refractivity contribution >= 4 is 17.5 Å². The molecule has 3 nitrogen and oxygen atoms in total. The summed E-state index contributed by atoms with van der Waals surface area (Å²) in [4.78, 5) is 13.0. The standard InChI is InChI=1S/C25H24N2O/c1-3-4-6-19-16(2)9-14-21-24(19)23(18-12-10-17(15-26)11-13-18)25-20(27-21)7-5-8-22(25)28/h4,6,9-14,23,27H,3,5,7-8H2,1-2H3/b6-4-. The molecule has 0 spiro atoms. The number of nitrogens with one attached hydrogen (secondary N) is 1. The molecule has 0 saturated carbocycles. The minimum Gasteiger partial charge on any atom is -0.358 e. The summed E-state index contributed by atoms with van der Waals surface area (Å²) in [5, 5.41) is 12.7. The smallest absolute Gasteiger partial charge is 0.161 e. The number of allylic oxidation sites excluding steroid dienone is 3. The van der Waals surface area contributed by atoms with Gasteiger partial charge in [0.15, 0.2) is 5.78 Å². The van der Waals surface area contributed by atoms with E-state index in [1.165, 1.54) is 16.7 Å². The van der Waals surface area contributed by atoms with Gasteiger partial charge < -0.3 is 5.32 Å². The van der Waals surface area contributed by atoms with Crippen molar-refractivity contribution < 1.29 is 4.79 Å². The van der Waals surface area contributed by atoms with Crippen molar-refractivity contribution in [3.63, 3.8) is 0 Å². The predicted molar refractivity (Wildman–Crippen MR) is 113 cm³/mol. The largest absolute Gasteiger partial charge is 0.358 e. The van der Waals surface area contributed by atoms with Gasteiger partial charge in [-0.15, -0.1) is 0 Å². The highest BCUT2D eigenvalue weighted by molar-refractivity contribution is 6.01. The molecule has 1 unspecified atom stereocenters. The molecular weight excluding hydrogens is 344 g/mol. The van der Waals surface area contributed by atoms with Crippen molar-refractivity contribution in [1.82, 2.24) is 0 Å². The molecule has 0 bridgehead atoms. The molecule has 0 fully saturated rings. The molecule has 0 amide bonds. The number of hydrogen-bond acceptors (Lipinski definition) is 3. The van der Waals surface area contributed by atoms with Crippen LogP contribution in [0.1, 0.15) is 66.3 Å². The summed E-state index contributed by atoms with van der Waals surface area (Å²) in [5.74, 6) is 0.142. The van der Waals surface area contributed by atoms with Gasteiger partial charge in [0.2, 0.25) is 0 Å². The average Bonchev–Trinajstić information content (AvgIpc) is 2.72. The molecular formula is C25H24N2O. The Labute approximate surface area is 166 Å². The fourth-order valence-electron chi connectivity index (χ4n) is 4.34. The number of carbonyl (C=O) groups is 1. The lowest BCUT2D eigenvalue weighted by Crippen LogP contribution is -2.27. The average molecular weight is 368 g/mol. The Balaban J connectivity index is 1.98. The van der Waals surface area contributed by atoms with Gasteiger partial charge in [-0.3, -0.25) is 4.79 Å². The topological polar surface area (TPSA) is 52.9 Å². The Morgan fingerprint density at radius 3 is 2.68 bits per heavy atom. The van der Waals surface area contributed by atoms with E-state index >= 15 is 0 Å². The maximum atomic E-state index is 13.0. The third-order valence-electron chi connectivity index (χ3n) is 5.72. The fraction of sp³-hybridized carbons (Fsp3) is 0.280. The monoisotopic (exact) mass is 368 g/mol. The third-order valence-corrected chi connectivity index (χ3v) is 5.72. The van der Waals surface area contributed by atoms with E-state index in [1.807, 2.05) is 24.3 Å². The Kier molecular flexibility index (Phi) is 4.88. The highest BCUT2D eigenvalue weighted by Gasteiger charge is 2.36. The summed E-state index contributed by atoms with van der Waals surface area (Å²) >= 11 is 0. The van der Waals surface area contributed by atoms with Crippen LogP contribution in [0.3, 0.4) is 0 Å². The van der Waals surface area contributed by atoms with Gasteiger partial charge in [-0.25, -0.2) is 0 Å². The molecule has 0 radical (unpaired) electrons. The molecule has 1 N–H and O–H groups in total. The number of nitriles is 1. The van der Waals surface area contributed by atoms with Gasteiger partial charge in [-0.05, 0) is 66.6 Å². The Hall–Kier alpha value is -3.12. The second-order valence-corrected chi connectivity index (χ2v) is 7.53. The van der Waals surface area contributed by atoms with Crippen molar-refractivity contribution in [1.29, 1.82) is 5.26 Å². The maximum absolute atomic E-state index is 13.0. The zero-order chi connectivity index (χ0) is 19.7. The van der Waals surface area contributed by atoms with E-state index in [0.717, 1.165) is 41.8 Å². The van der Waals surface area contributed by atoms with E-state index in [2.05, 4.69) is 49.5 Å². The summed E-state index contributed by atoms with van der Waals surface area (Å²) in [5.41, 5.74) is 8.32. The molecule has 28 heavy (non-hydrogen) atoms. The first kappa shape index (κ1) is 18.3. The second kappa shape index (κ2) is 7.48. The molecule has 2 aromatic rings. The van der Waals surface area contributed by atoms with Crippen LogP contribution in [0.5, 0.6) is 0 Å². The van der Waals surface area contributed by atoms with Gasteiger partial charge in [0.1, 0.15) is 0 Å². The van der Waals surface area contributed by atoms with Crippen LogP contribution in [-0.2, 0) is 4.79 Å². The van der Waals surface area contributed by atoms with Crippen LogP contribution in [0.4, 0.5) is 5.69 Å². The molecule has 1 heterocycles. The highest BCUT2D eigenvalue weighted by atomic mass is 16.1. The van der Waals surface area contributed by atoms with E-state index in [-0.39, 0.29) is 11.7 Å². The first-order valence-electron chi connectivity index (χ1n) is 9.97. The Bertz CT molecular complexity index is 1040. The third kappa shape index (κ3) is 3.05. The lowest BCUT2D eigenvalue weighted by Gasteiger charge is -2.35. The van der Waals surface area contributed by atoms with Crippen molar-refractivity contribution in [2.75, 3.05) is 5.32 Å². The minimum absolute atomic E-state index is 0.0943. The number of fused-ring (bicyclic) bond motifs is 1. The Morgan fingerprint density at radius 1 is 1.18 bits per heavy atom. The van der Waals surface area contributed by atoms with E-state index in [9.17, 15) is 10.1 Å². The number of rotatable bonds is 3. The van der Waals surface area contributed by atoms with Gasteiger partial charge >= 0.3 is 0 Å². The van der Waals surface area contributed by atoms with Gasteiger partial charge in [-0.2, -0.15) is 5.26 Å². The highest BCUT2D eigenvalue weighted by Crippen LogP contribution is 2.47. The number of hydrogen-bond donors (Lipinski definition) is 1. The number of anilines is 1. The zero-order valence-corrected chi connectivity index (χ0v) is 16.4. The van der Waals surface area contributed by atoms with Crippen LogP contribution in [0.2, 0.25) is 0 Å². The first-order valence-corrected chi connectivity index (χ1v) is 9.97. The molecule has 0 aromatic heterocycles. The molecule has 1 aliphatic carbocycles. The maximum Gasteiger partial charge on any atom is 0.161 e. The number of Topliss-reactive ketones (excluding diaryl/α,β-unsaturated/α-hetero) is 1. The van der Waals surface area contributed by atoms with Crippen LogP contribution in [0.25, 0.3) is 6.08 Å². The molecule has 2 aromatic carbocycles. The zero-order valence-electron chi connectivity index (χ0n) is 16.4. The van der Waals surface area contributed by atoms with E-state index in [1.54, 1.807) is 0 Å². The summed E-state index contributed by atoms with van der Waals surface area (Å²) in [6.45, 7) is 4.25. The minimum atomic E-state index is -0.0943. The number of ketones is 1. The van der Waals surface area contributed by atoms with Crippen molar-refractivity contribution in [3.05, 3.63) is 81.6 Å². The quantitative estimate of drug-likeness (QED) is 0.739. The van der Waals surface area contributed by atoms with Gasteiger partial charge in [-0.1, -0.05) is 37.3 Å². The summed E-state index contributed by atoms with van der Waals surface area (Å²) in [7, 11) is 0. The van der Waals surface area contributed by atoms with Gasteiger partial charge in [0, 0.05) is 29.3 Å². The number of benzene rings is 2. The van der Waals surface area contributed by atoms with E-state index in [0.29, 0.717) is 12.0 Å². The van der Waals surface area contributed by atoms with Crippen LogP contribution in [0.15, 0.2) is 53.7 Å². The molecule has 140 valence electrons. The number of nitrogens with zero attached hydrogens (tertiary/aromatic N) is 1. The van der Waals surface area contributed by atoms with Crippen LogP contribution in [-0.4, -0.2) is 5.78 Å². The van der Waals surface area contributed by atoms with E-state index < -0.39 is 0 Å². The first-order chi connectivity index (χ1) is 13.6. The molecule has 2 aliphatic rings. The van der Waals surface area contributed by atoms with Crippen LogP contribution < -0.4 is 5.32 Å². The van der Waals surface area contributed by atoms with E-state index in [4.69, 9.17) is 0 Å². The van der Waals surface area contributed by atoms with Gasteiger partial charge in [0.05, 0.1) is 11.6 Å².